The number of hydrogen-bond donors (Lipinski definition) is 1. The third-order valence-electron chi connectivity index (χ3n) is 2.92. The molecular formula is C14H19FN4. The fourth-order valence-corrected chi connectivity index (χ4v) is 2.05. The van der Waals surface area contributed by atoms with Crippen molar-refractivity contribution in [2.24, 2.45) is 11.7 Å². The lowest BCUT2D eigenvalue weighted by Crippen LogP contribution is -2.13. The van der Waals surface area contributed by atoms with E-state index in [1.54, 1.807) is 12.1 Å². The van der Waals surface area contributed by atoms with Crippen LogP contribution in [0.15, 0.2) is 18.2 Å². The molecule has 4 nitrogen and oxygen atoms in total. The smallest absolute Gasteiger partial charge is 0.166 e. The molecular weight excluding hydrogens is 243 g/mol. The second-order valence-corrected chi connectivity index (χ2v) is 5.13. The van der Waals surface area contributed by atoms with Crippen molar-refractivity contribution in [3.8, 4) is 11.4 Å². The molecule has 1 aromatic carbocycles. The molecule has 0 aliphatic heterocycles. The molecule has 2 aromatic rings. The Morgan fingerprint density at radius 2 is 2.05 bits per heavy atom. The fourth-order valence-electron chi connectivity index (χ4n) is 2.05. The van der Waals surface area contributed by atoms with Crippen LogP contribution in [-0.4, -0.2) is 14.8 Å². The van der Waals surface area contributed by atoms with Crippen molar-refractivity contribution in [1.29, 1.82) is 0 Å². The van der Waals surface area contributed by atoms with Crippen molar-refractivity contribution in [3.63, 3.8) is 0 Å². The molecule has 0 atom stereocenters. The summed E-state index contributed by atoms with van der Waals surface area (Å²) in [6.07, 6.45) is 0. The highest BCUT2D eigenvalue weighted by Crippen LogP contribution is 2.24. The van der Waals surface area contributed by atoms with E-state index < -0.39 is 0 Å². The summed E-state index contributed by atoms with van der Waals surface area (Å²) in [6, 6.07) is 4.99. The summed E-state index contributed by atoms with van der Waals surface area (Å²) in [5.41, 5.74) is 7.14. The summed E-state index contributed by atoms with van der Waals surface area (Å²) < 4.78 is 15.9. The molecule has 0 spiro atoms. The first-order chi connectivity index (χ1) is 9.02. The Bertz CT molecular complexity index is 575. The maximum atomic E-state index is 14.0. The number of nitrogens with two attached hydrogens (primary N) is 1. The van der Waals surface area contributed by atoms with Gasteiger partial charge in [-0.05, 0) is 25.0 Å². The Balaban J connectivity index is 2.55. The van der Waals surface area contributed by atoms with Crippen LogP contribution in [0.3, 0.4) is 0 Å². The Morgan fingerprint density at radius 3 is 2.68 bits per heavy atom. The van der Waals surface area contributed by atoms with E-state index in [-0.39, 0.29) is 5.82 Å². The predicted molar refractivity (Wildman–Crippen MR) is 72.9 cm³/mol. The van der Waals surface area contributed by atoms with Crippen molar-refractivity contribution in [2.75, 3.05) is 0 Å². The minimum Gasteiger partial charge on any atom is -0.324 e. The summed E-state index contributed by atoms with van der Waals surface area (Å²) in [6.45, 7) is 7.14. The zero-order valence-corrected chi connectivity index (χ0v) is 11.5. The minimum atomic E-state index is -0.286. The van der Waals surface area contributed by atoms with Gasteiger partial charge in [-0.2, -0.15) is 0 Å². The number of hydrogen-bond acceptors (Lipinski definition) is 3. The third-order valence-corrected chi connectivity index (χ3v) is 2.92. The van der Waals surface area contributed by atoms with Crippen LogP contribution in [0.2, 0.25) is 0 Å². The van der Waals surface area contributed by atoms with E-state index in [2.05, 4.69) is 24.0 Å². The van der Waals surface area contributed by atoms with Gasteiger partial charge in [-0.3, -0.25) is 0 Å². The lowest BCUT2D eigenvalue weighted by atomic mass is 10.1. The molecule has 0 saturated heterocycles. The normalized spacial score (nSPS) is 11.3. The number of benzene rings is 1. The van der Waals surface area contributed by atoms with E-state index in [1.807, 2.05) is 11.5 Å². The molecule has 0 radical (unpaired) electrons. The maximum Gasteiger partial charge on any atom is 0.166 e. The van der Waals surface area contributed by atoms with Gasteiger partial charge in [0.1, 0.15) is 11.6 Å². The summed E-state index contributed by atoms with van der Waals surface area (Å²) in [5.74, 6) is 1.36. The lowest BCUT2D eigenvalue weighted by Gasteiger charge is -2.12. The van der Waals surface area contributed by atoms with E-state index in [1.165, 1.54) is 6.07 Å². The van der Waals surface area contributed by atoms with Gasteiger partial charge in [0.05, 0.1) is 12.1 Å². The van der Waals surface area contributed by atoms with Crippen molar-refractivity contribution in [3.05, 3.63) is 35.4 Å². The fraction of sp³-hybridized carbons (Fsp3) is 0.429. The molecule has 2 rings (SSSR count). The molecule has 0 saturated carbocycles. The highest BCUT2D eigenvalue weighted by molar-refractivity contribution is 5.57. The average molecular weight is 262 g/mol. The zero-order chi connectivity index (χ0) is 14.0. The first-order valence-electron chi connectivity index (χ1n) is 6.41. The summed E-state index contributed by atoms with van der Waals surface area (Å²) >= 11 is 0. The number of aryl methyl sites for hydroxylation is 1. The van der Waals surface area contributed by atoms with Crippen LogP contribution in [0.1, 0.15) is 25.2 Å². The molecule has 102 valence electrons. The van der Waals surface area contributed by atoms with E-state index in [9.17, 15) is 4.39 Å². The SMILES string of the molecule is Cc1ccc(F)c(-c2nnc(CN)n2CC(C)C)c1. The van der Waals surface area contributed by atoms with Gasteiger partial charge in [-0.15, -0.1) is 10.2 Å². The van der Waals surface area contributed by atoms with Crippen LogP contribution in [-0.2, 0) is 13.1 Å². The van der Waals surface area contributed by atoms with Crippen LogP contribution < -0.4 is 5.73 Å². The second-order valence-electron chi connectivity index (χ2n) is 5.13. The van der Waals surface area contributed by atoms with E-state index in [0.717, 1.165) is 12.1 Å². The molecule has 0 amide bonds. The van der Waals surface area contributed by atoms with Gasteiger partial charge in [0.25, 0.3) is 0 Å². The van der Waals surface area contributed by atoms with E-state index in [0.29, 0.717) is 29.7 Å². The van der Waals surface area contributed by atoms with Crippen LogP contribution in [0.5, 0.6) is 0 Å². The third kappa shape index (κ3) is 2.81. The molecule has 1 heterocycles. The Morgan fingerprint density at radius 1 is 1.32 bits per heavy atom. The Hall–Kier alpha value is -1.75. The zero-order valence-electron chi connectivity index (χ0n) is 11.5. The first kappa shape index (κ1) is 13.7. The van der Waals surface area contributed by atoms with Crippen molar-refractivity contribution < 1.29 is 4.39 Å². The van der Waals surface area contributed by atoms with Crippen molar-refractivity contribution >= 4 is 0 Å². The second kappa shape index (κ2) is 5.48. The number of nitrogens with zero attached hydrogens (tertiary/aromatic N) is 3. The molecule has 0 unspecified atom stereocenters. The van der Waals surface area contributed by atoms with E-state index in [4.69, 9.17) is 5.73 Å². The largest absolute Gasteiger partial charge is 0.324 e. The van der Waals surface area contributed by atoms with Gasteiger partial charge in [-0.1, -0.05) is 25.5 Å². The van der Waals surface area contributed by atoms with Gasteiger partial charge in [0.15, 0.2) is 5.82 Å². The maximum absolute atomic E-state index is 14.0. The molecule has 19 heavy (non-hydrogen) atoms. The molecule has 0 fully saturated rings. The molecule has 1 aromatic heterocycles. The van der Waals surface area contributed by atoms with E-state index >= 15 is 0 Å². The van der Waals surface area contributed by atoms with Crippen molar-refractivity contribution in [2.45, 2.75) is 33.9 Å². The van der Waals surface area contributed by atoms with Crippen LogP contribution in [0, 0.1) is 18.7 Å². The van der Waals surface area contributed by atoms with Crippen LogP contribution in [0.25, 0.3) is 11.4 Å². The topological polar surface area (TPSA) is 56.7 Å². The molecule has 5 heteroatoms. The number of halogens is 1. The van der Waals surface area contributed by atoms with Crippen LogP contribution in [0.4, 0.5) is 4.39 Å². The Labute approximate surface area is 112 Å². The van der Waals surface area contributed by atoms with Crippen LogP contribution >= 0.6 is 0 Å². The first-order valence-corrected chi connectivity index (χ1v) is 6.41. The average Bonchev–Trinajstić information content (AvgIpc) is 2.74. The monoisotopic (exact) mass is 262 g/mol. The summed E-state index contributed by atoms with van der Waals surface area (Å²) in [4.78, 5) is 0. The highest BCUT2D eigenvalue weighted by atomic mass is 19.1. The number of aromatic nitrogens is 3. The quantitative estimate of drug-likeness (QED) is 0.921. The standard InChI is InChI=1S/C14H19FN4/c1-9(2)8-19-13(7-16)17-18-14(19)11-6-10(3)4-5-12(11)15/h4-6,9H,7-8,16H2,1-3H3. The predicted octanol–water partition coefficient (Wildman–Crippen LogP) is 2.51. The lowest BCUT2D eigenvalue weighted by molar-refractivity contribution is 0.509. The van der Waals surface area contributed by atoms with Gasteiger partial charge < -0.3 is 10.3 Å². The molecule has 0 bridgehead atoms. The van der Waals surface area contributed by atoms with Gasteiger partial charge in [0.2, 0.25) is 0 Å². The number of rotatable bonds is 4. The molecule has 0 aliphatic carbocycles. The highest BCUT2D eigenvalue weighted by Gasteiger charge is 2.17. The molecule has 0 aliphatic rings. The van der Waals surface area contributed by atoms with Gasteiger partial charge in [-0.25, -0.2) is 4.39 Å². The summed E-state index contributed by atoms with van der Waals surface area (Å²) in [5, 5.41) is 8.16. The summed E-state index contributed by atoms with van der Waals surface area (Å²) in [7, 11) is 0. The Kier molecular flexibility index (Phi) is 3.95. The van der Waals surface area contributed by atoms with Gasteiger partial charge >= 0.3 is 0 Å². The van der Waals surface area contributed by atoms with Crippen molar-refractivity contribution in [1.82, 2.24) is 14.8 Å². The molecule has 2 N–H and O–H groups in total. The van der Waals surface area contributed by atoms with Gasteiger partial charge in [0, 0.05) is 6.54 Å². The minimum absolute atomic E-state index is 0.286.